The normalized spacial score (nSPS) is 11.1. The summed E-state index contributed by atoms with van der Waals surface area (Å²) in [6.07, 6.45) is 0.842. The topological polar surface area (TPSA) is 0 Å². The van der Waals surface area contributed by atoms with Gasteiger partial charge in [0.1, 0.15) is 16.1 Å². The molecular weight excluding hydrogens is 796 g/mol. The fourth-order valence-electron chi connectivity index (χ4n) is 7.07. The van der Waals surface area contributed by atoms with Gasteiger partial charge < -0.3 is 0 Å². The maximum Gasteiger partial charge on any atom is 0.146 e. The van der Waals surface area contributed by atoms with Crippen molar-refractivity contribution in [1.82, 2.24) is 0 Å². The Morgan fingerprint density at radius 2 is 0.852 bits per heavy atom. The molecule has 5 aromatic rings. The first kappa shape index (κ1) is 40.7. The van der Waals surface area contributed by atoms with Gasteiger partial charge in [0, 0.05) is 37.0 Å². The van der Waals surface area contributed by atoms with Crippen molar-refractivity contribution in [2.45, 2.75) is 84.2 Å². The summed E-state index contributed by atoms with van der Waals surface area (Å²) in [5.74, 6) is 20.4. The smallest absolute Gasteiger partial charge is 0.127 e. The molecule has 0 aliphatic carbocycles. The number of hydrogen-bond acceptors (Lipinski definition) is 0. The van der Waals surface area contributed by atoms with Crippen molar-refractivity contribution >= 4 is 38.7 Å². The molecule has 0 amide bonds. The molecule has 0 unspecified atom stereocenters. The average molecular weight is 847 g/mol. The molecule has 54 heavy (non-hydrogen) atoms. The van der Waals surface area contributed by atoms with E-state index in [2.05, 4.69) is 234 Å². The molecule has 0 aromatic heterocycles. The lowest BCUT2D eigenvalue weighted by atomic mass is 9.93. The summed E-state index contributed by atoms with van der Waals surface area (Å²) in [5.41, 5.74) is 20.2. The van der Waals surface area contributed by atoms with E-state index in [4.69, 9.17) is 0 Å². The highest BCUT2D eigenvalue weighted by Gasteiger charge is 2.41. The van der Waals surface area contributed by atoms with Crippen LogP contribution < -0.4 is 0 Å². The van der Waals surface area contributed by atoms with Crippen LogP contribution in [-0.2, 0) is 6.42 Å². The largest absolute Gasteiger partial charge is 0.146 e. The molecule has 0 aliphatic heterocycles. The van der Waals surface area contributed by atoms with E-state index < -0.39 is 16.1 Å². The quantitative estimate of drug-likeness (QED) is 0.0907. The van der Waals surface area contributed by atoms with Gasteiger partial charge in [-0.15, -0.1) is 11.1 Å². The van der Waals surface area contributed by atoms with E-state index >= 15 is 0 Å². The van der Waals surface area contributed by atoms with Gasteiger partial charge in [-0.2, -0.15) is 0 Å². The van der Waals surface area contributed by atoms with Crippen LogP contribution in [0.3, 0.4) is 0 Å². The lowest BCUT2D eigenvalue weighted by Gasteiger charge is -2.38. The summed E-state index contributed by atoms with van der Waals surface area (Å²) < 4.78 is 1.22. The zero-order chi connectivity index (χ0) is 38.9. The lowest BCUT2D eigenvalue weighted by molar-refractivity contribution is 0.838. The highest BCUT2D eigenvalue weighted by atomic mass is 127. The second-order valence-electron chi connectivity index (χ2n) is 16.1. The highest BCUT2D eigenvalue weighted by molar-refractivity contribution is 14.1. The Kier molecular flexibility index (Phi) is 13.7. The van der Waals surface area contributed by atoms with Crippen molar-refractivity contribution in [2.24, 2.45) is 0 Å². The van der Waals surface area contributed by atoms with Crippen molar-refractivity contribution < 1.29 is 0 Å². The molecule has 0 fully saturated rings. The number of benzene rings is 5. The summed E-state index contributed by atoms with van der Waals surface area (Å²) in [6, 6.07) is 40.6. The number of rotatable bonds is 6. The molecule has 0 saturated heterocycles. The van der Waals surface area contributed by atoms with E-state index in [0.29, 0.717) is 16.6 Å². The molecule has 0 aliphatic rings. The average Bonchev–Trinajstić information content (AvgIpc) is 3.14. The number of halogens is 1. The monoisotopic (exact) mass is 846 g/mol. The van der Waals surface area contributed by atoms with Crippen LogP contribution in [-0.4, -0.2) is 16.1 Å². The molecule has 5 aromatic carbocycles. The Hall–Kier alpha value is -4.50. The molecule has 0 atom stereocenters. The van der Waals surface area contributed by atoms with Crippen LogP contribution in [0.2, 0.25) is 36.3 Å². The Morgan fingerprint density at radius 1 is 0.463 bits per heavy atom. The molecule has 3 heteroatoms. The fraction of sp³-hybridized carbons (Fsp3) is 0.255. The minimum Gasteiger partial charge on any atom is -0.127 e. The third kappa shape index (κ3) is 11.0. The number of hydrogen-bond donors (Lipinski definition) is 0. The van der Waals surface area contributed by atoms with Gasteiger partial charge in [0.2, 0.25) is 0 Å². The standard InChI is InChI=1S/C51H51ISi2/c1-38(2)54(39(3)4,40(5)6)35-33-45-18-16-42(17-19-45)11-10-41-12-14-43(15-13-41)20-25-47-26-27-49(51(37-47)48-28-30-50(52)31-29-48)36-46-23-21-44(22-24-46)32-34-53(7,8)9/h12-19,21-24,26-31,37-40H,36H2,1-9H3. The second-order valence-corrected chi connectivity index (χ2v) is 27.6. The minimum atomic E-state index is -1.76. The van der Waals surface area contributed by atoms with E-state index in [1.54, 1.807) is 0 Å². The molecule has 0 spiro atoms. The first-order chi connectivity index (χ1) is 25.7. The predicted octanol–water partition coefficient (Wildman–Crippen LogP) is 13.1. The van der Waals surface area contributed by atoms with Gasteiger partial charge in [-0.25, -0.2) is 0 Å². The van der Waals surface area contributed by atoms with Crippen molar-refractivity contribution in [1.29, 1.82) is 0 Å². The summed E-state index contributed by atoms with van der Waals surface area (Å²) in [4.78, 5) is 0. The van der Waals surface area contributed by atoms with Crippen LogP contribution in [0.15, 0.2) is 115 Å². The first-order valence-corrected chi connectivity index (χ1v) is 25.8. The molecule has 5 rings (SSSR count). The molecule has 0 bridgehead atoms. The maximum absolute atomic E-state index is 3.82. The van der Waals surface area contributed by atoms with Crippen LogP contribution in [0, 0.1) is 50.2 Å². The van der Waals surface area contributed by atoms with E-state index in [0.717, 1.165) is 39.8 Å². The maximum atomic E-state index is 3.82. The molecule has 0 N–H and O–H groups in total. The zero-order valence-corrected chi connectivity index (χ0v) is 37.4. The Balaban J connectivity index is 1.30. The summed E-state index contributed by atoms with van der Waals surface area (Å²) in [6.45, 7) is 20.9. The van der Waals surface area contributed by atoms with E-state index in [1.165, 1.54) is 25.8 Å². The highest BCUT2D eigenvalue weighted by Crippen LogP contribution is 2.40. The first-order valence-electron chi connectivity index (χ1n) is 19.0. The van der Waals surface area contributed by atoms with Gasteiger partial charge in [-0.3, -0.25) is 0 Å². The van der Waals surface area contributed by atoms with Crippen molar-refractivity contribution in [3.8, 4) is 57.7 Å². The SMILES string of the molecule is CC(C)[Si](C#Cc1ccc(C#Cc2ccc(C#Cc3ccc(Cc4ccc(C#C[Si](C)(C)C)cc4)c(-c4ccc(I)cc4)c3)cc2)cc1)(C(C)C)C(C)C. The lowest BCUT2D eigenvalue weighted by Crippen LogP contribution is -2.43. The van der Waals surface area contributed by atoms with Crippen molar-refractivity contribution in [3.05, 3.63) is 163 Å². The molecular formula is C51H51ISi2. The summed E-state index contributed by atoms with van der Waals surface area (Å²) in [7, 11) is -3.17. The van der Waals surface area contributed by atoms with Crippen LogP contribution in [0.25, 0.3) is 11.1 Å². The summed E-state index contributed by atoms with van der Waals surface area (Å²) >= 11 is 2.36. The third-order valence-corrected chi connectivity index (χ3v) is 17.8. The van der Waals surface area contributed by atoms with Crippen LogP contribution in [0.4, 0.5) is 0 Å². The Labute approximate surface area is 341 Å². The van der Waals surface area contributed by atoms with Gasteiger partial charge >= 0.3 is 0 Å². The Bertz CT molecular complexity index is 2290. The van der Waals surface area contributed by atoms with Crippen LogP contribution in [0.1, 0.15) is 86.1 Å². The predicted molar refractivity (Wildman–Crippen MR) is 247 cm³/mol. The van der Waals surface area contributed by atoms with Crippen LogP contribution in [0.5, 0.6) is 0 Å². The Morgan fingerprint density at radius 3 is 1.30 bits per heavy atom. The molecule has 0 nitrogen and oxygen atoms in total. The van der Waals surface area contributed by atoms with Crippen molar-refractivity contribution in [2.75, 3.05) is 0 Å². The minimum absolute atomic E-state index is 0.621. The van der Waals surface area contributed by atoms with Gasteiger partial charge in [-0.1, -0.05) is 127 Å². The zero-order valence-electron chi connectivity index (χ0n) is 33.3. The van der Waals surface area contributed by atoms with Gasteiger partial charge in [0.15, 0.2) is 0 Å². The molecule has 0 radical (unpaired) electrons. The third-order valence-electron chi connectivity index (χ3n) is 9.96. The molecule has 0 heterocycles. The van der Waals surface area contributed by atoms with E-state index in [1.807, 2.05) is 12.1 Å². The van der Waals surface area contributed by atoms with Gasteiger partial charge in [-0.05, 0) is 153 Å². The van der Waals surface area contributed by atoms with Gasteiger partial charge in [0.05, 0.1) is 0 Å². The second kappa shape index (κ2) is 18.2. The summed E-state index contributed by atoms with van der Waals surface area (Å²) in [5, 5.41) is 0. The van der Waals surface area contributed by atoms with Crippen molar-refractivity contribution in [3.63, 3.8) is 0 Å². The van der Waals surface area contributed by atoms with E-state index in [-0.39, 0.29) is 0 Å². The molecule has 0 saturated carbocycles. The fourth-order valence-corrected chi connectivity index (χ4v) is 13.2. The van der Waals surface area contributed by atoms with Crippen LogP contribution >= 0.6 is 22.6 Å². The van der Waals surface area contributed by atoms with E-state index in [9.17, 15) is 0 Å². The molecule has 270 valence electrons. The van der Waals surface area contributed by atoms with Gasteiger partial charge in [0.25, 0.3) is 0 Å².